The van der Waals surface area contributed by atoms with E-state index in [0.29, 0.717) is 4.90 Å². The van der Waals surface area contributed by atoms with Crippen molar-refractivity contribution in [3.8, 4) is 11.3 Å². The Hall–Kier alpha value is -2.70. The fourth-order valence-corrected chi connectivity index (χ4v) is 9.03. The predicted octanol–water partition coefficient (Wildman–Crippen LogP) is 8.79. The number of aromatic nitrogens is 4. The van der Waals surface area contributed by atoms with Gasteiger partial charge in [0.25, 0.3) is 0 Å². The minimum Gasteiger partial charge on any atom is -0.356 e. The molecule has 4 heterocycles. The van der Waals surface area contributed by atoms with Crippen LogP contribution in [0.25, 0.3) is 11.3 Å². The van der Waals surface area contributed by atoms with Crippen LogP contribution in [0.15, 0.2) is 76.5 Å². The van der Waals surface area contributed by atoms with Gasteiger partial charge >= 0.3 is 7.82 Å². The van der Waals surface area contributed by atoms with E-state index in [1.807, 2.05) is 36.4 Å². The van der Waals surface area contributed by atoms with Crippen LogP contribution in [0.4, 0.5) is 13.2 Å². The second kappa shape index (κ2) is 16.2. The molecule has 0 bridgehead atoms. The van der Waals surface area contributed by atoms with Crippen LogP contribution in [0.3, 0.4) is 0 Å². The highest BCUT2D eigenvalue weighted by Crippen LogP contribution is 2.56. The minimum atomic E-state index is -4.22. The van der Waals surface area contributed by atoms with Crippen LogP contribution in [0, 0.1) is 17.5 Å². The largest absolute Gasteiger partial charge is 0.477 e. The number of hydrogen-bond donors (Lipinski definition) is 0. The number of rotatable bonds is 11. The Morgan fingerprint density at radius 2 is 1.66 bits per heavy atom. The lowest BCUT2D eigenvalue weighted by Crippen LogP contribution is -2.59. The predicted molar refractivity (Wildman–Crippen MR) is 191 cm³/mol. The first-order valence-electron chi connectivity index (χ1n) is 16.6. The van der Waals surface area contributed by atoms with E-state index in [-0.39, 0.29) is 17.9 Å². The van der Waals surface area contributed by atoms with Crippen LogP contribution in [-0.4, -0.2) is 68.3 Å². The number of thioether (sulfide) groups is 1. The molecule has 4 aromatic rings. The maximum Gasteiger partial charge on any atom is 0.477 e. The fraction of sp³-hybridized carbons (Fsp3) is 0.457. The average molecular weight is 844 g/mol. The van der Waals surface area contributed by atoms with Crippen LogP contribution in [0.2, 0.25) is 0 Å². The number of nitrogens with zero attached hydrogens (tertiary/aromatic N) is 4. The third-order valence-electron chi connectivity index (χ3n) is 7.65. The molecule has 6 rings (SSSR count). The number of benzene rings is 2. The van der Waals surface area contributed by atoms with E-state index in [0.717, 1.165) is 22.2 Å². The van der Waals surface area contributed by atoms with Gasteiger partial charge in [0.2, 0.25) is 0 Å². The molecule has 2 aromatic heterocycles. The molecule has 2 aliphatic rings. The smallest absolute Gasteiger partial charge is 0.356 e. The van der Waals surface area contributed by atoms with Crippen molar-refractivity contribution in [1.29, 1.82) is 0 Å². The van der Waals surface area contributed by atoms with Crippen molar-refractivity contribution < 1.29 is 50.3 Å². The molecular formula is C35H39BrF3N4O8PS. The molecule has 18 heteroatoms. The Bertz CT molecular complexity index is 1890. The number of phosphoric acid groups is 1. The highest BCUT2D eigenvalue weighted by Gasteiger charge is 2.53. The molecule has 53 heavy (non-hydrogen) atoms. The molecule has 12 nitrogen and oxygen atoms in total. The first-order valence-corrected chi connectivity index (χ1v) is 19.7. The summed E-state index contributed by atoms with van der Waals surface area (Å²) in [5.41, 5.74) is -1.88. The van der Waals surface area contributed by atoms with Crippen LogP contribution < -0.4 is 0 Å². The molecule has 2 saturated heterocycles. The van der Waals surface area contributed by atoms with E-state index in [1.165, 1.54) is 22.6 Å². The second-order valence-electron chi connectivity index (χ2n) is 14.2. The molecule has 0 N–H and O–H groups in total. The number of fused-ring (bicyclic) bond motifs is 1. The van der Waals surface area contributed by atoms with Crippen LogP contribution in [0.1, 0.15) is 59.4 Å². The summed E-state index contributed by atoms with van der Waals surface area (Å²) in [5.74, 6) is -4.36. The van der Waals surface area contributed by atoms with Gasteiger partial charge in [-0.1, -0.05) is 47.3 Å². The van der Waals surface area contributed by atoms with Crippen molar-refractivity contribution in [2.45, 2.75) is 93.7 Å². The molecule has 3 unspecified atom stereocenters. The van der Waals surface area contributed by atoms with Gasteiger partial charge in [0.15, 0.2) is 30.5 Å². The van der Waals surface area contributed by atoms with Gasteiger partial charge < -0.3 is 18.9 Å². The summed E-state index contributed by atoms with van der Waals surface area (Å²) in [5, 5.41) is 8.52. The van der Waals surface area contributed by atoms with E-state index >= 15 is 0 Å². The van der Waals surface area contributed by atoms with Crippen LogP contribution >= 0.6 is 35.5 Å². The molecule has 2 aliphatic heterocycles. The molecule has 0 saturated carbocycles. The molecule has 0 radical (unpaired) electrons. The topological polar surface area (TPSA) is 125 Å². The quantitative estimate of drug-likeness (QED) is 0.0814. The van der Waals surface area contributed by atoms with Crippen molar-refractivity contribution in [1.82, 2.24) is 20.0 Å². The van der Waals surface area contributed by atoms with Gasteiger partial charge in [-0.2, -0.15) is 0 Å². The van der Waals surface area contributed by atoms with Crippen molar-refractivity contribution >= 4 is 35.5 Å². The van der Waals surface area contributed by atoms with Crippen molar-refractivity contribution in [2.24, 2.45) is 0 Å². The zero-order valence-corrected chi connectivity index (χ0v) is 32.9. The van der Waals surface area contributed by atoms with E-state index in [2.05, 4.69) is 31.2 Å². The molecule has 0 amide bonds. The van der Waals surface area contributed by atoms with Crippen LogP contribution in [0.5, 0.6) is 0 Å². The SMILES string of the molecule is CC(C)(C)OP(=O)(OCOC1[C@@H](Sc2cncc(Br)c2)OC2COC(c3ccccc3)O[C@@H]2[C@@H]1n1cc(-c2cc(F)c(F)c(F)c2)nn1)OC(C)(C)C. The highest BCUT2D eigenvalue weighted by atomic mass is 79.9. The summed E-state index contributed by atoms with van der Waals surface area (Å²) in [6.45, 7) is 9.81. The third-order valence-corrected chi connectivity index (χ3v) is 11.2. The summed E-state index contributed by atoms with van der Waals surface area (Å²) >= 11 is 4.74. The summed E-state index contributed by atoms with van der Waals surface area (Å²) in [6.07, 6.45) is 1.46. The Morgan fingerprint density at radius 3 is 2.30 bits per heavy atom. The van der Waals surface area contributed by atoms with E-state index in [9.17, 15) is 17.7 Å². The maximum atomic E-state index is 14.3. The lowest BCUT2D eigenvalue weighted by Gasteiger charge is -2.49. The normalized spacial score (nSPS) is 23.9. The van der Waals surface area contributed by atoms with Gasteiger partial charge in [-0.25, -0.2) is 22.4 Å². The number of phosphoric ester groups is 1. The standard InChI is InChI=1S/C35H39BrF3N4O8PS/c1-34(2,3)50-52(44,51-35(4,5)6)47-19-46-31-29(43-17-26(41-42-43)21-12-24(37)28(39)25(38)13-21)30-27(18-45-32(49-30)20-10-8-7-9-11-20)48-33(31)53-23-14-22(36)15-40-16-23/h7-17,27,29-33H,18-19H2,1-6H3/t27?,29-,30-,31?,32?,33+/m0/s1. The Balaban J connectivity index is 1.40. The van der Waals surface area contributed by atoms with Gasteiger partial charge in [-0.05, 0) is 75.7 Å². The average Bonchev–Trinajstić information content (AvgIpc) is 3.55. The molecular weight excluding hydrogens is 804 g/mol. The molecule has 6 atom stereocenters. The summed E-state index contributed by atoms with van der Waals surface area (Å²) in [6, 6.07) is 11.9. The fourth-order valence-electron chi connectivity index (χ4n) is 5.68. The lowest BCUT2D eigenvalue weighted by atomic mass is 9.95. The zero-order chi connectivity index (χ0) is 38.1. The monoisotopic (exact) mass is 842 g/mol. The Morgan fingerprint density at radius 1 is 0.981 bits per heavy atom. The molecule has 286 valence electrons. The Kier molecular flexibility index (Phi) is 12.2. The molecule has 2 fully saturated rings. The minimum absolute atomic E-state index is 0.0437. The third kappa shape index (κ3) is 10.1. The summed E-state index contributed by atoms with van der Waals surface area (Å²) < 4.78 is 102. The van der Waals surface area contributed by atoms with Crippen molar-refractivity contribution in [3.63, 3.8) is 0 Å². The first-order chi connectivity index (χ1) is 25.0. The summed E-state index contributed by atoms with van der Waals surface area (Å²) in [7, 11) is -4.22. The number of halogens is 4. The lowest BCUT2D eigenvalue weighted by molar-refractivity contribution is -0.313. The van der Waals surface area contributed by atoms with E-state index < -0.39 is 79.3 Å². The second-order valence-corrected chi connectivity index (χ2v) is 17.8. The van der Waals surface area contributed by atoms with E-state index in [1.54, 1.807) is 53.9 Å². The van der Waals surface area contributed by atoms with Crippen molar-refractivity contribution in [2.75, 3.05) is 13.4 Å². The zero-order valence-electron chi connectivity index (χ0n) is 29.7. The van der Waals surface area contributed by atoms with Gasteiger partial charge in [-0.15, -0.1) is 5.10 Å². The number of hydrogen-bond acceptors (Lipinski definition) is 12. The number of ether oxygens (including phenoxy) is 4. The Labute approximate surface area is 317 Å². The molecule has 0 spiro atoms. The van der Waals surface area contributed by atoms with Gasteiger partial charge in [-0.3, -0.25) is 18.6 Å². The van der Waals surface area contributed by atoms with Crippen molar-refractivity contribution in [3.05, 3.63) is 94.6 Å². The van der Waals surface area contributed by atoms with Crippen LogP contribution in [-0.2, 0) is 37.1 Å². The van der Waals surface area contributed by atoms with Gasteiger partial charge in [0.05, 0.1) is 24.0 Å². The molecule has 0 aliphatic carbocycles. The van der Waals surface area contributed by atoms with Gasteiger partial charge in [0, 0.05) is 32.9 Å². The molecule has 2 aromatic carbocycles. The van der Waals surface area contributed by atoms with E-state index in [4.69, 9.17) is 32.5 Å². The maximum absolute atomic E-state index is 14.3. The first kappa shape index (κ1) is 40.0. The summed E-state index contributed by atoms with van der Waals surface area (Å²) in [4.78, 5) is 4.99. The van der Waals surface area contributed by atoms with Gasteiger partial charge in [0.1, 0.15) is 35.5 Å². The highest BCUT2D eigenvalue weighted by molar-refractivity contribution is 9.10. The number of pyridine rings is 1.